The van der Waals surface area contributed by atoms with Gasteiger partial charge in [-0.25, -0.2) is 13.8 Å². The van der Waals surface area contributed by atoms with Crippen molar-refractivity contribution in [3.05, 3.63) is 28.1 Å². The number of hydrogen-bond acceptors (Lipinski definition) is 7. The number of carbonyl (C=O) groups is 1. The summed E-state index contributed by atoms with van der Waals surface area (Å²) in [5, 5.41) is 7.52. The van der Waals surface area contributed by atoms with E-state index < -0.39 is 12.0 Å². The first-order valence-corrected chi connectivity index (χ1v) is 13.1. The number of thiazole rings is 1. The highest BCUT2D eigenvalue weighted by atomic mass is 32.1. The van der Waals surface area contributed by atoms with E-state index in [0.717, 1.165) is 69.5 Å². The van der Waals surface area contributed by atoms with Crippen LogP contribution in [0.5, 0.6) is 5.19 Å². The minimum Gasteiger partial charge on any atom is -0.466 e. The number of nitrogens with zero attached hydrogens (tertiary/aromatic N) is 3. The number of ether oxygens (including phenoxy) is 1. The summed E-state index contributed by atoms with van der Waals surface area (Å²) in [6, 6.07) is 2.05. The molecule has 2 aromatic heterocycles. The standard InChI is InChI=1S/C24H32F2N4O3S/c1-15-10-18(33-29-15)11-22(31)27-17-4-2-16(3-5-17)6-8-30-9-7-21-20(14-30)28-23(34-21)32-19-12-24(25,26)13-19/h10,16-17,19H,2-9,11-14H2,1H3,(H,27,31). The maximum atomic E-state index is 13.0. The lowest BCUT2D eigenvalue weighted by Gasteiger charge is -2.33. The first-order valence-electron chi connectivity index (χ1n) is 12.3. The Bertz CT molecular complexity index is 994. The van der Waals surface area contributed by atoms with Crippen molar-refractivity contribution >= 4 is 17.2 Å². The molecule has 2 saturated carbocycles. The Balaban J connectivity index is 1.00. The van der Waals surface area contributed by atoms with Crippen LogP contribution in [0.4, 0.5) is 8.78 Å². The highest BCUT2D eigenvalue weighted by Crippen LogP contribution is 2.41. The molecule has 0 unspecified atom stereocenters. The predicted molar refractivity (Wildman–Crippen MR) is 123 cm³/mol. The summed E-state index contributed by atoms with van der Waals surface area (Å²) in [6.07, 6.45) is 5.84. The van der Waals surface area contributed by atoms with Crippen LogP contribution in [0.25, 0.3) is 0 Å². The quantitative estimate of drug-likeness (QED) is 0.590. The van der Waals surface area contributed by atoms with Gasteiger partial charge in [0.2, 0.25) is 5.91 Å². The Morgan fingerprint density at radius 3 is 2.82 bits per heavy atom. The molecular weight excluding hydrogens is 462 g/mol. The van der Waals surface area contributed by atoms with Gasteiger partial charge in [-0.1, -0.05) is 16.5 Å². The van der Waals surface area contributed by atoms with Gasteiger partial charge in [0.15, 0.2) is 0 Å². The Kier molecular flexibility index (Phi) is 6.88. The number of halogens is 2. The summed E-state index contributed by atoms with van der Waals surface area (Å²) >= 11 is 1.52. The third-order valence-corrected chi connectivity index (χ3v) is 8.23. The summed E-state index contributed by atoms with van der Waals surface area (Å²) in [5.74, 6) is -1.28. The van der Waals surface area contributed by atoms with E-state index in [2.05, 4.69) is 20.4 Å². The molecule has 5 rings (SSSR count). The molecular formula is C24H32F2N4O3S. The molecule has 0 saturated heterocycles. The molecule has 34 heavy (non-hydrogen) atoms. The summed E-state index contributed by atoms with van der Waals surface area (Å²) in [7, 11) is 0. The van der Waals surface area contributed by atoms with Crippen LogP contribution in [-0.2, 0) is 24.2 Å². The number of alkyl halides is 2. The fraction of sp³-hybridized carbons (Fsp3) is 0.708. The Morgan fingerprint density at radius 2 is 2.12 bits per heavy atom. The maximum absolute atomic E-state index is 13.0. The second-order valence-electron chi connectivity index (χ2n) is 10.1. The number of amides is 1. The number of rotatable bonds is 8. The van der Waals surface area contributed by atoms with Crippen molar-refractivity contribution in [3.8, 4) is 5.19 Å². The van der Waals surface area contributed by atoms with Gasteiger partial charge in [0, 0.05) is 42.9 Å². The molecule has 1 aliphatic heterocycles. The van der Waals surface area contributed by atoms with Gasteiger partial charge in [-0.15, -0.1) is 0 Å². The first kappa shape index (κ1) is 23.7. The van der Waals surface area contributed by atoms with E-state index in [0.29, 0.717) is 16.9 Å². The molecule has 0 bridgehead atoms. The number of hydrogen-bond donors (Lipinski definition) is 1. The summed E-state index contributed by atoms with van der Waals surface area (Å²) in [6.45, 7) is 4.69. The van der Waals surface area contributed by atoms with E-state index in [1.54, 1.807) is 6.07 Å². The molecule has 7 nitrogen and oxygen atoms in total. The van der Waals surface area contributed by atoms with Gasteiger partial charge in [0.05, 0.1) is 17.8 Å². The number of carbonyl (C=O) groups excluding carboxylic acids is 1. The van der Waals surface area contributed by atoms with Crippen molar-refractivity contribution < 1.29 is 22.8 Å². The average Bonchev–Trinajstić information content (AvgIpc) is 3.36. The molecule has 10 heteroatoms. The van der Waals surface area contributed by atoms with Crippen molar-refractivity contribution in [2.45, 2.75) is 89.3 Å². The van der Waals surface area contributed by atoms with Crippen molar-refractivity contribution in [3.63, 3.8) is 0 Å². The van der Waals surface area contributed by atoms with Crippen LogP contribution in [0.15, 0.2) is 10.6 Å². The van der Waals surface area contributed by atoms with Crippen molar-refractivity contribution in [2.75, 3.05) is 13.1 Å². The van der Waals surface area contributed by atoms with E-state index in [4.69, 9.17) is 9.26 Å². The van der Waals surface area contributed by atoms with Gasteiger partial charge in [0.25, 0.3) is 11.1 Å². The Labute approximate surface area is 202 Å². The predicted octanol–water partition coefficient (Wildman–Crippen LogP) is 4.28. The van der Waals surface area contributed by atoms with E-state index in [9.17, 15) is 13.6 Å². The van der Waals surface area contributed by atoms with Crippen LogP contribution < -0.4 is 10.1 Å². The maximum Gasteiger partial charge on any atom is 0.273 e. The molecule has 2 fully saturated rings. The summed E-state index contributed by atoms with van der Waals surface area (Å²) < 4.78 is 36.9. The first-order chi connectivity index (χ1) is 16.3. The van der Waals surface area contributed by atoms with Crippen molar-refractivity contribution in [2.24, 2.45) is 5.92 Å². The van der Waals surface area contributed by atoms with Gasteiger partial charge in [-0.2, -0.15) is 0 Å². The molecule has 3 aliphatic rings. The summed E-state index contributed by atoms with van der Waals surface area (Å²) in [4.78, 5) is 20.5. The van der Waals surface area contributed by atoms with Gasteiger partial charge < -0.3 is 14.6 Å². The topological polar surface area (TPSA) is 80.5 Å². The molecule has 1 amide bonds. The highest BCUT2D eigenvalue weighted by molar-refractivity contribution is 7.13. The third-order valence-electron chi connectivity index (χ3n) is 7.18. The van der Waals surface area contributed by atoms with E-state index >= 15 is 0 Å². The second-order valence-corrected chi connectivity index (χ2v) is 11.1. The Morgan fingerprint density at radius 1 is 1.32 bits per heavy atom. The molecule has 2 aromatic rings. The highest BCUT2D eigenvalue weighted by Gasteiger charge is 2.47. The third kappa shape index (κ3) is 5.94. The minimum absolute atomic E-state index is 0.00125. The minimum atomic E-state index is -2.57. The van der Waals surface area contributed by atoms with Crippen molar-refractivity contribution in [1.29, 1.82) is 0 Å². The molecule has 186 valence electrons. The van der Waals surface area contributed by atoms with E-state index in [-0.39, 0.29) is 31.2 Å². The number of fused-ring (bicyclic) bond motifs is 1. The van der Waals surface area contributed by atoms with Crippen LogP contribution in [0.3, 0.4) is 0 Å². The fourth-order valence-electron chi connectivity index (χ4n) is 5.20. The SMILES string of the molecule is Cc1cc(CC(=O)NC2CCC(CCN3CCc4sc(OC5CC(F)(F)C5)nc4C3)CC2)on1. The van der Waals surface area contributed by atoms with Crippen LogP contribution >= 0.6 is 11.3 Å². The zero-order valence-electron chi connectivity index (χ0n) is 19.5. The van der Waals surface area contributed by atoms with Gasteiger partial charge in [-0.05, 0) is 57.9 Å². The zero-order chi connectivity index (χ0) is 23.7. The second kappa shape index (κ2) is 9.89. The van der Waals surface area contributed by atoms with E-state index in [1.807, 2.05) is 6.92 Å². The van der Waals surface area contributed by atoms with Gasteiger partial charge in [0.1, 0.15) is 11.9 Å². The van der Waals surface area contributed by atoms with Gasteiger partial charge >= 0.3 is 0 Å². The lowest BCUT2D eigenvalue weighted by atomic mass is 9.84. The molecule has 0 radical (unpaired) electrons. The molecule has 0 aromatic carbocycles. The average molecular weight is 495 g/mol. The van der Waals surface area contributed by atoms with Crippen LogP contribution in [0, 0.1) is 12.8 Å². The monoisotopic (exact) mass is 494 g/mol. The normalized spacial score (nSPS) is 24.9. The van der Waals surface area contributed by atoms with E-state index in [1.165, 1.54) is 16.2 Å². The van der Waals surface area contributed by atoms with Crippen LogP contribution in [-0.4, -0.2) is 52.1 Å². The molecule has 2 aliphatic carbocycles. The zero-order valence-corrected chi connectivity index (χ0v) is 20.3. The molecule has 3 heterocycles. The van der Waals surface area contributed by atoms with Crippen LogP contribution in [0.1, 0.15) is 67.0 Å². The number of aromatic nitrogens is 2. The summed E-state index contributed by atoms with van der Waals surface area (Å²) in [5.41, 5.74) is 1.84. The Hall–Kier alpha value is -2.07. The molecule has 0 atom stereocenters. The van der Waals surface area contributed by atoms with Crippen molar-refractivity contribution in [1.82, 2.24) is 20.4 Å². The lowest BCUT2D eigenvalue weighted by molar-refractivity contribution is -0.134. The number of aryl methyl sites for hydroxylation is 1. The number of nitrogens with one attached hydrogen (secondary N) is 1. The fourth-order valence-corrected chi connectivity index (χ4v) is 6.17. The largest absolute Gasteiger partial charge is 0.466 e. The molecule has 0 spiro atoms. The lowest BCUT2D eigenvalue weighted by Crippen LogP contribution is -2.43. The van der Waals surface area contributed by atoms with Crippen LogP contribution in [0.2, 0.25) is 0 Å². The van der Waals surface area contributed by atoms with Gasteiger partial charge in [-0.3, -0.25) is 9.69 Å². The smallest absolute Gasteiger partial charge is 0.273 e. The molecule has 1 N–H and O–H groups in total.